The standard InChI is InChI=1S/C24H35NO4/c1-18-13-14-21-20(17-18)24(3,15-9-5-8-12-23(28)29-4)19(2)25(21)16-10-6-7-11-22(26)27/h13-14,17H,5-12,15-16H2,1-4H3/p+1. The highest BCUT2D eigenvalue weighted by atomic mass is 16.5. The normalized spacial score (nSPS) is 18.1. The lowest BCUT2D eigenvalue weighted by atomic mass is 9.75. The van der Waals surface area contributed by atoms with Gasteiger partial charge in [0, 0.05) is 37.8 Å². The zero-order valence-electron chi connectivity index (χ0n) is 18.4. The summed E-state index contributed by atoms with van der Waals surface area (Å²) >= 11 is 0. The summed E-state index contributed by atoms with van der Waals surface area (Å²) in [5.74, 6) is -0.843. The van der Waals surface area contributed by atoms with Crippen molar-refractivity contribution in [3.8, 4) is 0 Å². The molecule has 1 aromatic rings. The van der Waals surface area contributed by atoms with Crippen LogP contribution in [0.4, 0.5) is 5.69 Å². The van der Waals surface area contributed by atoms with Gasteiger partial charge in [0.1, 0.15) is 6.54 Å². The fourth-order valence-corrected chi connectivity index (χ4v) is 4.35. The van der Waals surface area contributed by atoms with Crippen molar-refractivity contribution in [2.24, 2.45) is 0 Å². The summed E-state index contributed by atoms with van der Waals surface area (Å²) in [5, 5.41) is 8.82. The SMILES string of the molecule is COC(=O)CCCCCC1(C)C(C)=[N+](CCCCCC(=O)O)c2ccc(C)cc21. The molecule has 5 nitrogen and oxygen atoms in total. The molecule has 2 rings (SSSR count). The van der Waals surface area contributed by atoms with E-state index in [4.69, 9.17) is 9.84 Å². The first-order valence-corrected chi connectivity index (χ1v) is 10.8. The van der Waals surface area contributed by atoms with E-state index in [2.05, 4.69) is 43.5 Å². The third-order valence-electron chi connectivity index (χ3n) is 6.30. The maximum atomic E-state index is 11.3. The summed E-state index contributed by atoms with van der Waals surface area (Å²) in [5.41, 5.74) is 5.35. The Morgan fingerprint density at radius 1 is 1.03 bits per heavy atom. The van der Waals surface area contributed by atoms with Crippen LogP contribution in [0.15, 0.2) is 18.2 Å². The topological polar surface area (TPSA) is 66.6 Å². The zero-order chi connectivity index (χ0) is 21.4. The van der Waals surface area contributed by atoms with Crippen molar-refractivity contribution in [3.63, 3.8) is 0 Å². The van der Waals surface area contributed by atoms with Crippen LogP contribution in [-0.2, 0) is 19.7 Å². The minimum Gasteiger partial charge on any atom is -0.481 e. The molecule has 1 aromatic carbocycles. The Hall–Kier alpha value is -2.17. The number of carboxylic acid groups (broad SMARTS) is 1. The average Bonchev–Trinajstić information content (AvgIpc) is 2.88. The van der Waals surface area contributed by atoms with Gasteiger partial charge in [0.05, 0.1) is 12.5 Å². The quantitative estimate of drug-likeness (QED) is 0.299. The Labute approximate surface area is 174 Å². The number of aliphatic carboxylic acids is 1. The van der Waals surface area contributed by atoms with Crippen molar-refractivity contribution in [3.05, 3.63) is 29.3 Å². The number of carbonyl (C=O) groups is 2. The number of hydrogen-bond donors (Lipinski definition) is 1. The van der Waals surface area contributed by atoms with Crippen LogP contribution in [0.1, 0.15) is 82.8 Å². The Bertz CT molecular complexity index is 768. The van der Waals surface area contributed by atoms with Crippen LogP contribution in [0.5, 0.6) is 0 Å². The largest absolute Gasteiger partial charge is 0.481 e. The summed E-state index contributed by atoms with van der Waals surface area (Å²) in [6.07, 6.45) is 7.44. The number of benzene rings is 1. The molecular formula is C24H36NO4+. The smallest absolute Gasteiger partial charge is 0.305 e. The molecule has 29 heavy (non-hydrogen) atoms. The molecular weight excluding hydrogens is 366 g/mol. The van der Waals surface area contributed by atoms with Crippen LogP contribution in [0.2, 0.25) is 0 Å². The second-order valence-corrected chi connectivity index (χ2v) is 8.43. The van der Waals surface area contributed by atoms with Crippen molar-refractivity contribution in [2.45, 2.75) is 84.0 Å². The van der Waals surface area contributed by atoms with Crippen LogP contribution < -0.4 is 0 Å². The lowest BCUT2D eigenvalue weighted by Crippen LogP contribution is -2.30. The van der Waals surface area contributed by atoms with Gasteiger partial charge in [-0.2, -0.15) is 4.58 Å². The monoisotopic (exact) mass is 402 g/mol. The van der Waals surface area contributed by atoms with Gasteiger partial charge in [-0.05, 0) is 45.6 Å². The Morgan fingerprint density at radius 2 is 1.72 bits per heavy atom. The summed E-state index contributed by atoms with van der Waals surface area (Å²) in [4.78, 5) is 22.0. The van der Waals surface area contributed by atoms with Crippen molar-refractivity contribution in [2.75, 3.05) is 13.7 Å². The molecule has 0 aliphatic carbocycles. The van der Waals surface area contributed by atoms with E-state index in [-0.39, 0.29) is 17.8 Å². The van der Waals surface area contributed by atoms with E-state index in [1.54, 1.807) is 0 Å². The second-order valence-electron chi connectivity index (χ2n) is 8.43. The Balaban J connectivity index is 2.05. The number of fused-ring (bicyclic) bond motifs is 1. The molecule has 0 spiro atoms. The number of aryl methyl sites for hydroxylation is 1. The molecule has 1 heterocycles. The number of esters is 1. The highest BCUT2D eigenvalue weighted by Gasteiger charge is 2.45. The number of carbonyl (C=O) groups excluding carboxylic acids is 1. The minimum absolute atomic E-state index is 0.00762. The molecule has 0 saturated carbocycles. The lowest BCUT2D eigenvalue weighted by molar-refractivity contribution is -0.439. The molecule has 160 valence electrons. The van der Waals surface area contributed by atoms with Gasteiger partial charge in [0.15, 0.2) is 5.71 Å². The van der Waals surface area contributed by atoms with Crippen molar-refractivity contribution >= 4 is 23.3 Å². The van der Waals surface area contributed by atoms with E-state index in [1.165, 1.54) is 29.6 Å². The van der Waals surface area contributed by atoms with Crippen LogP contribution in [0.25, 0.3) is 0 Å². The molecule has 1 unspecified atom stereocenters. The van der Waals surface area contributed by atoms with Crippen molar-refractivity contribution in [1.82, 2.24) is 0 Å². The molecule has 0 radical (unpaired) electrons. The molecule has 0 fully saturated rings. The van der Waals surface area contributed by atoms with E-state index < -0.39 is 5.97 Å². The van der Waals surface area contributed by atoms with E-state index in [1.807, 2.05) is 0 Å². The molecule has 0 bridgehead atoms. The van der Waals surface area contributed by atoms with Gasteiger partial charge in [0.2, 0.25) is 5.69 Å². The molecule has 0 aromatic heterocycles. The van der Waals surface area contributed by atoms with Gasteiger partial charge in [0.25, 0.3) is 0 Å². The number of carboxylic acids is 1. The zero-order valence-corrected chi connectivity index (χ0v) is 18.4. The van der Waals surface area contributed by atoms with Gasteiger partial charge in [-0.15, -0.1) is 0 Å². The van der Waals surface area contributed by atoms with Gasteiger partial charge >= 0.3 is 11.9 Å². The molecule has 0 saturated heterocycles. The minimum atomic E-state index is -0.713. The second kappa shape index (κ2) is 10.6. The molecule has 1 aliphatic rings. The number of ether oxygens (including phenoxy) is 1. The molecule has 0 amide bonds. The molecule has 1 N–H and O–H groups in total. The number of methoxy groups -OCH3 is 1. The molecule has 1 atom stereocenters. The highest BCUT2D eigenvalue weighted by molar-refractivity contribution is 5.93. The maximum absolute atomic E-state index is 11.3. The summed E-state index contributed by atoms with van der Waals surface area (Å²) in [6.45, 7) is 7.65. The van der Waals surface area contributed by atoms with Crippen molar-refractivity contribution in [1.29, 1.82) is 0 Å². The lowest BCUT2D eigenvalue weighted by Gasteiger charge is -2.22. The van der Waals surface area contributed by atoms with Gasteiger partial charge in [-0.1, -0.05) is 24.5 Å². The van der Waals surface area contributed by atoms with Gasteiger partial charge in [-0.3, -0.25) is 9.59 Å². The van der Waals surface area contributed by atoms with Crippen LogP contribution in [0, 0.1) is 6.92 Å². The van der Waals surface area contributed by atoms with Crippen LogP contribution >= 0.6 is 0 Å². The van der Waals surface area contributed by atoms with Crippen LogP contribution in [-0.4, -0.2) is 41.0 Å². The third kappa shape index (κ3) is 5.91. The summed E-state index contributed by atoms with van der Waals surface area (Å²) in [6, 6.07) is 6.72. The fraction of sp³-hybridized carbons (Fsp3) is 0.625. The number of rotatable bonds is 12. The van der Waals surface area contributed by atoms with E-state index in [0.717, 1.165) is 51.5 Å². The van der Waals surface area contributed by atoms with Gasteiger partial charge < -0.3 is 9.84 Å². The number of unbranched alkanes of at least 4 members (excludes halogenated alkanes) is 4. The summed E-state index contributed by atoms with van der Waals surface area (Å²) in [7, 11) is 1.44. The van der Waals surface area contributed by atoms with Crippen molar-refractivity contribution < 1.29 is 24.0 Å². The first kappa shape index (κ1) is 23.1. The average molecular weight is 403 g/mol. The fourth-order valence-electron chi connectivity index (χ4n) is 4.35. The third-order valence-corrected chi connectivity index (χ3v) is 6.30. The predicted octanol–water partition coefficient (Wildman–Crippen LogP) is 5.14. The van der Waals surface area contributed by atoms with Crippen LogP contribution in [0.3, 0.4) is 0 Å². The Kier molecular flexibility index (Phi) is 8.42. The number of hydrogen-bond acceptors (Lipinski definition) is 3. The molecule has 5 heteroatoms. The van der Waals surface area contributed by atoms with E-state index in [0.29, 0.717) is 6.42 Å². The summed E-state index contributed by atoms with van der Waals surface area (Å²) < 4.78 is 7.16. The predicted molar refractivity (Wildman–Crippen MR) is 115 cm³/mol. The first-order valence-electron chi connectivity index (χ1n) is 10.8. The Morgan fingerprint density at radius 3 is 2.41 bits per heavy atom. The number of nitrogens with zero attached hydrogens (tertiary/aromatic N) is 1. The highest BCUT2D eigenvalue weighted by Crippen LogP contribution is 2.43. The van der Waals surface area contributed by atoms with E-state index >= 15 is 0 Å². The first-order chi connectivity index (χ1) is 13.8. The van der Waals surface area contributed by atoms with Gasteiger partial charge in [-0.25, -0.2) is 0 Å². The van der Waals surface area contributed by atoms with E-state index in [9.17, 15) is 9.59 Å². The maximum Gasteiger partial charge on any atom is 0.305 e. The molecule has 1 aliphatic heterocycles.